The number of aromatic nitrogens is 2. The third-order valence-corrected chi connectivity index (χ3v) is 5.20. The summed E-state index contributed by atoms with van der Waals surface area (Å²) in [5.41, 5.74) is 0.996. The van der Waals surface area contributed by atoms with E-state index in [9.17, 15) is 9.59 Å². The smallest absolute Gasteiger partial charge is 0.328 e. The van der Waals surface area contributed by atoms with E-state index < -0.39 is 0 Å². The van der Waals surface area contributed by atoms with Gasteiger partial charge in [-0.2, -0.15) is 0 Å². The van der Waals surface area contributed by atoms with Gasteiger partial charge in [-0.05, 0) is 37.8 Å². The van der Waals surface area contributed by atoms with Crippen molar-refractivity contribution in [2.24, 2.45) is 0 Å². The molecule has 1 N–H and O–H groups in total. The zero-order chi connectivity index (χ0) is 16.5. The lowest BCUT2D eigenvalue weighted by Crippen LogP contribution is -2.41. The van der Waals surface area contributed by atoms with Crippen molar-refractivity contribution in [2.45, 2.75) is 57.1 Å². The fourth-order valence-electron chi connectivity index (χ4n) is 3.99. The molecule has 1 heterocycles. The van der Waals surface area contributed by atoms with Crippen LogP contribution in [0.4, 0.5) is 0 Å². The Kier molecular flexibility index (Phi) is 4.00. The second-order valence-corrected chi connectivity index (χ2v) is 6.75. The number of nitrogens with zero attached hydrogens (tertiary/aromatic N) is 1. The topological polar surface area (TPSA) is 64.1 Å². The number of aromatic amines is 1. The number of H-pyrrole nitrogens is 1. The van der Waals surface area contributed by atoms with Crippen molar-refractivity contribution in [2.75, 3.05) is 0 Å². The third-order valence-electron chi connectivity index (χ3n) is 5.20. The van der Waals surface area contributed by atoms with Crippen molar-refractivity contribution in [3.8, 4) is 5.75 Å². The number of fused-ring (bicyclic) bond motifs is 1. The fourth-order valence-corrected chi connectivity index (χ4v) is 3.99. The summed E-state index contributed by atoms with van der Waals surface area (Å²) in [5.74, 6) is 0.757. The quantitative estimate of drug-likeness (QED) is 0.942. The Morgan fingerprint density at radius 3 is 2.50 bits per heavy atom. The number of benzene rings is 1. The predicted molar refractivity (Wildman–Crippen MR) is 91.6 cm³/mol. The fraction of sp³-hybridized carbons (Fsp3) is 0.474. The summed E-state index contributed by atoms with van der Waals surface area (Å²) in [5, 5.41) is 0. The van der Waals surface area contributed by atoms with E-state index in [2.05, 4.69) is 4.98 Å². The van der Waals surface area contributed by atoms with Crippen LogP contribution in [-0.2, 0) is 6.42 Å². The molecule has 5 heteroatoms. The molecule has 1 atom stereocenters. The van der Waals surface area contributed by atoms with Crippen LogP contribution in [0.1, 0.15) is 61.9 Å². The predicted octanol–water partition coefficient (Wildman–Crippen LogP) is 3.11. The van der Waals surface area contributed by atoms with Gasteiger partial charge in [0.05, 0.1) is 5.69 Å². The average Bonchev–Trinajstić information content (AvgIpc) is 3.00. The maximum atomic E-state index is 12.9. The molecule has 1 aromatic heterocycles. The zero-order valence-electron chi connectivity index (χ0n) is 13.7. The molecule has 0 bridgehead atoms. The standard InChI is InChI=1S/C19H22N2O3/c22-18-15-11-12-16(24-14-9-5-2-6-10-14)17(15)20-19(23)21(18)13-7-3-1-4-8-13/h2,5-6,9-10,13,16H,1,3-4,7-8,11-12H2,(H,20,23). The highest BCUT2D eigenvalue weighted by Gasteiger charge is 2.31. The lowest BCUT2D eigenvalue weighted by molar-refractivity contribution is 0.202. The highest BCUT2D eigenvalue weighted by atomic mass is 16.5. The lowest BCUT2D eigenvalue weighted by Gasteiger charge is -2.23. The first kappa shape index (κ1) is 15.2. The molecular formula is C19H22N2O3. The summed E-state index contributed by atoms with van der Waals surface area (Å²) in [6.07, 6.45) is 6.36. The van der Waals surface area contributed by atoms with Crippen LogP contribution in [0.5, 0.6) is 5.75 Å². The van der Waals surface area contributed by atoms with Crippen molar-refractivity contribution >= 4 is 0 Å². The minimum absolute atomic E-state index is 0.0504. The Labute approximate surface area is 140 Å². The molecule has 1 unspecified atom stereocenters. The number of hydrogen-bond acceptors (Lipinski definition) is 3. The van der Waals surface area contributed by atoms with Crippen molar-refractivity contribution in [1.29, 1.82) is 0 Å². The third kappa shape index (κ3) is 2.68. The maximum Gasteiger partial charge on any atom is 0.328 e. The van der Waals surface area contributed by atoms with E-state index >= 15 is 0 Å². The molecule has 0 saturated heterocycles. The van der Waals surface area contributed by atoms with Gasteiger partial charge in [0.2, 0.25) is 0 Å². The summed E-state index contributed by atoms with van der Waals surface area (Å²) in [7, 11) is 0. The van der Waals surface area contributed by atoms with Crippen molar-refractivity contribution < 1.29 is 4.74 Å². The Morgan fingerprint density at radius 2 is 1.75 bits per heavy atom. The number of ether oxygens (including phenoxy) is 1. The molecule has 24 heavy (non-hydrogen) atoms. The van der Waals surface area contributed by atoms with Gasteiger partial charge in [-0.15, -0.1) is 0 Å². The molecule has 0 spiro atoms. The van der Waals surface area contributed by atoms with Gasteiger partial charge in [-0.1, -0.05) is 37.5 Å². The Hall–Kier alpha value is -2.30. The van der Waals surface area contributed by atoms with Crippen molar-refractivity contribution in [3.05, 3.63) is 62.4 Å². The molecule has 2 aromatic rings. The summed E-state index contributed by atoms with van der Waals surface area (Å²) in [6, 6.07) is 9.58. The Balaban J connectivity index is 1.68. The van der Waals surface area contributed by atoms with Crippen LogP contribution in [-0.4, -0.2) is 9.55 Å². The van der Waals surface area contributed by atoms with E-state index in [1.54, 1.807) is 0 Å². The highest BCUT2D eigenvalue weighted by molar-refractivity contribution is 5.28. The second kappa shape index (κ2) is 6.30. The summed E-state index contributed by atoms with van der Waals surface area (Å²) >= 11 is 0. The van der Waals surface area contributed by atoms with Crippen LogP contribution in [0.2, 0.25) is 0 Å². The molecule has 2 aliphatic rings. The first-order chi connectivity index (χ1) is 11.7. The molecule has 1 saturated carbocycles. The van der Waals surface area contributed by atoms with Gasteiger partial charge < -0.3 is 9.72 Å². The first-order valence-electron chi connectivity index (χ1n) is 8.83. The van der Waals surface area contributed by atoms with Gasteiger partial charge in [-0.3, -0.25) is 9.36 Å². The monoisotopic (exact) mass is 326 g/mol. The van der Waals surface area contributed by atoms with Crippen LogP contribution in [0.25, 0.3) is 0 Å². The highest BCUT2D eigenvalue weighted by Crippen LogP contribution is 2.32. The van der Waals surface area contributed by atoms with E-state index in [1.807, 2.05) is 30.3 Å². The molecule has 2 aliphatic carbocycles. The largest absolute Gasteiger partial charge is 0.484 e. The SMILES string of the molecule is O=c1[nH]c2c(c(=O)n1C1CCCCC1)CCC2Oc1ccccc1. The van der Waals surface area contributed by atoms with E-state index in [1.165, 1.54) is 11.0 Å². The molecule has 5 nitrogen and oxygen atoms in total. The summed E-state index contributed by atoms with van der Waals surface area (Å²) < 4.78 is 7.44. The van der Waals surface area contributed by atoms with Gasteiger partial charge in [0.1, 0.15) is 11.9 Å². The molecule has 0 aliphatic heterocycles. The molecular weight excluding hydrogens is 304 g/mol. The summed E-state index contributed by atoms with van der Waals surface area (Å²) in [4.78, 5) is 28.4. The van der Waals surface area contributed by atoms with Crippen LogP contribution >= 0.6 is 0 Å². The van der Waals surface area contributed by atoms with Gasteiger partial charge in [0.25, 0.3) is 5.56 Å². The molecule has 4 rings (SSSR count). The van der Waals surface area contributed by atoms with Crippen LogP contribution in [0.15, 0.2) is 39.9 Å². The molecule has 126 valence electrons. The normalized spacial score (nSPS) is 20.8. The number of para-hydroxylation sites is 1. The van der Waals surface area contributed by atoms with Gasteiger partial charge in [0.15, 0.2) is 0 Å². The van der Waals surface area contributed by atoms with Crippen LogP contribution in [0, 0.1) is 0 Å². The van der Waals surface area contributed by atoms with Crippen molar-refractivity contribution in [1.82, 2.24) is 9.55 Å². The molecule has 1 fully saturated rings. The summed E-state index contributed by atoms with van der Waals surface area (Å²) in [6.45, 7) is 0. The average molecular weight is 326 g/mol. The van der Waals surface area contributed by atoms with E-state index in [4.69, 9.17) is 4.74 Å². The molecule has 0 amide bonds. The Bertz CT molecular complexity index is 832. The van der Waals surface area contributed by atoms with Gasteiger partial charge in [0, 0.05) is 11.6 Å². The van der Waals surface area contributed by atoms with E-state index in [0.29, 0.717) is 12.1 Å². The number of rotatable bonds is 3. The van der Waals surface area contributed by atoms with Gasteiger partial charge in [-0.25, -0.2) is 4.79 Å². The van der Waals surface area contributed by atoms with E-state index in [-0.39, 0.29) is 23.4 Å². The molecule has 1 aromatic carbocycles. The maximum absolute atomic E-state index is 12.9. The second-order valence-electron chi connectivity index (χ2n) is 6.75. The van der Waals surface area contributed by atoms with Crippen LogP contribution < -0.4 is 16.0 Å². The lowest BCUT2D eigenvalue weighted by atomic mass is 9.95. The van der Waals surface area contributed by atoms with Gasteiger partial charge >= 0.3 is 5.69 Å². The van der Waals surface area contributed by atoms with E-state index in [0.717, 1.165) is 43.4 Å². The first-order valence-corrected chi connectivity index (χ1v) is 8.83. The minimum atomic E-state index is -0.283. The molecule has 0 radical (unpaired) electrons. The number of nitrogens with one attached hydrogen (secondary N) is 1. The van der Waals surface area contributed by atoms with Crippen molar-refractivity contribution in [3.63, 3.8) is 0 Å². The minimum Gasteiger partial charge on any atom is -0.484 e. The number of hydrogen-bond donors (Lipinski definition) is 1. The van der Waals surface area contributed by atoms with Crippen LogP contribution in [0.3, 0.4) is 0 Å². The zero-order valence-corrected chi connectivity index (χ0v) is 13.7. The Morgan fingerprint density at radius 1 is 1.00 bits per heavy atom.